The van der Waals surface area contributed by atoms with Crippen LogP contribution in [0.3, 0.4) is 0 Å². The van der Waals surface area contributed by atoms with Crippen LogP contribution < -0.4 is 0 Å². The van der Waals surface area contributed by atoms with E-state index in [1.54, 1.807) is 0 Å². The first-order valence-corrected chi connectivity index (χ1v) is 6.13. The fourth-order valence-corrected chi connectivity index (χ4v) is 2.18. The van der Waals surface area contributed by atoms with E-state index in [1.807, 2.05) is 30.6 Å². The van der Waals surface area contributed by atoms with E-state index in [9.17, 15) is 0 Å². The molecular weight excluding hydrogens is 226 g/mol. The molecule has 0 atom stereocenters. The average molecular weight is 241 g/mol. The molecule has 3 nitrogen and oxygen atoms in total. The van der Waals surface area contributed by atoms with Crippen molar-refractivity contribution in [2.75, 3.05) is 13.2 Å². The van der Waals surface area contributed by atoms with Crippen molar-refractivity contribution in [2.45, 2.75) is 12.7 Å². The molecule has 0 bridgehead atoms. The molecular formula is C15H15NO2. The van der Waals surface area contributed by atoms with E-state index >= 15 is 0 Å². The van der Waals surface area contributed by atoms with Crippen molar-refractivity contribution in [3.05, 3.63) is 65.5 Å². The highest BCUT2D eigenvalue weighted by molar-refractivity contribution is 5.33. The van der Waals surface area contributed by atoms with E-state index in [4.69, 9.17) is 9.47 Å². The second kappa shape index (κ2) is 5.29. The first-order valence-electron chi connectivity index (χ1n) is 6.13. The van der Waals surface area contributed by atoms with E-state index in [1.165, 1.54) is 11.1 Å². The molecule has 0 unspecified atom stereocenters. The molecule has 0 spiro atoms. The number of pyridine rings is 1. The molecule has 3 rings (SSSR count). The van der Waals surface area contributed by atoms with Crippen LogP contribution in [0.4, 0.5) is 0 Å². The van der Waals surface area contributed by atoms with E-state index in [0.29, 0.717) is 13.2 Å². The Morgan fingerprint density at radius 3 is 2.50 bits per heavy atom. The van der Waals surface area contributed by atoms with Crippen molar-refractivity contribution in [1.82, 2.24) is 4.98 Å². The monoisotopic (exact) mass is 241 g/mol. The lowest BCUT2D eigenvalue weighted by atomic mass is 10.00. The van der Waals surface area contributed by atoms with Crippen molar-refractivity contribution < 1.29 is 9.47 Å². The minimum atomic E-state index is -0.206. The number of hydrogen-bond donors (Lipinski definition) is 0. The predicted octanol–water partition coefficient (Wildman–Crippen LogP) is 2.72. The minimum Gasteiger partial charge on any atom is -0.346 e. The van der Waals surface area contributed by atoms with Gasteiger partial charge in [0.1, 0.15) is 0 Å². The van der Waals surface area contributed by atoms with Gasteiger partial charge < -0.3 is 9.47 Å². The second-order valence-electron chi connectivity index (χ2n) is 4.30. The van der Waals surface area contributed by atoms with Crippen LogP contribution in [-0.2, 0) is 15.9 Å². The summed E-state index contributed by atoms with van der Waals surface area (Å²) in [4.78, 5) is 4.04. The maximum Gasteiger partial charge on any atom is 0.184 e. The molecule has 1 aliphatic rings. The molecule has 0 N–H and O–H groups in total. The van der Waals surface area contributed by atoms with Gasteiger partial charge in [-0.25, -0.2) is 0 Å². The molecule has 92 valence electrons. The highest BCUT2D eigenvalue weighted by Crippen LogP contribution is 2.27. The summed E-state index contributed by atoms with van der Waals surface area (Å²) in [6.45, 7) is 1.35. The predicted molar refractivity (Wildman–Crippen MR) is 68.1 cm³/mol. The van der Waals surface area contributed by atoms with Gasteiger partial charge >= 0.3 is 0 Å². The van der Waals surface area contributed by atoms with Gasteiger partial charge in [0.25, 0.3) is 0 Å². The zero-order valence-electron chi connectivity index (χ0n) is 10.1. The number of nitrogens with zero attached hydrogens (tertiary/aromatic N) is 1. The molecule has 0 aliphatic carbocycles. The summed E-state index contributed by atoms with van der Waals surface area (Å²) in [6, 6.07) is 12.3. The van der Waals surface area contributed by atoms with Crippen molar-refractivity contribution >= 4 is 0 Å². The van der Waals surface area contributed by atoms with Gasteiger partial charge in [-0.15, -0.1) is 0 Å². The van der Waals surface area contributed by atoms with Gasteiger partial charge in [0.2, 0.25) is 0 Å². The van der Waals surface area contributed by atoms with Crippen LogP contribution in [0.25, 0.3) is 0 Å². The Kier molecular flexibility index (Phi) is 3.35. The number of ether oxygens (including phenoxy) is 2. The summed E-state index contributed by atoms with van der Waals surface area (Å²) in [5.74, 6) is 0. The van der Waals surface area contributed by atoms with Gasteiger partial charge in [-0.3, -0.25) is 4.98 Å². The fraction of sp³-hybridized carbons (Fsp3) is 0.267. The van der Waals surface area contributed by atoms with Crippen LogP contribution in [0.5, 0.6) is 0 Å². The Labute approximate surface area is 106 Å². The topological polar surface area (TPSA) is 31.4 Å². The summed E-state index contributed by atoms with van der Waals surface area (Å²) >= 11 is 0. The SMILES string of the molecule is c1ccc(C2OCCO2)c(Cc2ccncc2)c1. The zero-order valence-corrected chi connectivity index (χ0v) is 10.1. The van der Waals surface area contributed by atoms with Crippen LogP contribution in [0.2, 0.25) is 0 Å². The Bertz CT molecular complexity index is 507. The molecule has 0 amide bonds. The summed E-state index contributed by atoms with van der Waals surface area (Å²) in [7, 11) is 0. The molecule has 2 aromatic rings. The number of hydrogen-bond acceptors (Lipinski definition) is 3. The number of aromatic nitrogens is 1. The first-order chi connectivity index (χ1) is 8.93. The van der Waals surface area contributed by atoms with E-state index in [2.05, 4.69) is 23.2 Å². The molecule has 0 radical (unpaired) electrons. The number of benzene rings is 1. The van der Waals surface area contributed by atoms with Gasteiger partial charge in [0.15, 0.2) is 6.29 Å². The van der Waals surface area contributed by atoms with Gasteiger partial charge in [0, 0.05) is 18.0 Å². The highest BCUT2D eigenvalue weighted by atomic mass is 16.7. The van der Waals surface area contributed by atoms with Crippen molar-refractivity contribution in [3.8, 4) is 0 Å². The lowest BCUT2D eigenvalue weighted by molar-refractivity contribution is -0.0446. The fourth-order valence-electron chi connectivity index (χ4n) is 2.18. The molecule has 1 aromatic heterocycles. The standard InChI is InChI=1S/C15H15NO2/c1-2-4-14(15-17-9-10-18-15)13(3-1)11-12-5-7-16-8-6-12/h1-8,15H,9-11H2. The lowest BCUT2D eigenvalue weighted by Gasteiger charge is -2.14. The Balaban J connectivity index is 1.87. The summed E-state index contributed by atoms with van der Waals surface area (Å²) in [6.07, 6.45) is 4.31. The van der Waals surface area contributed by atoms with E-state index in [0.717, 1.165) is 12.0 Å². The smallest absolute Gasteiger partial charge is 0.184 e. The second-order valence-corrected chi connectivity index (χ2v) is 4.30. The summed E-state index contributed by atoms with van der Waals surface area (Å²) in [5.41, 5.74) is 3.62. The maximum atomic E-state index is 5.58. The summed E-state index contributed by atoms with van der Waals surface area (Å²) < 4.78 is 11.2. The van der Waals surface area contributed by atoms with Gasteiger partial charge in [-0.1, -0.05) is 24.3 Å². The van der Waals surface area contributed by atoms with Crippen molar-refractivity contribution in [2.24, 2.45) is 0 Å². The van der Waals surface area contributed by atoms with E-state index < -0.39 is 0 Å². The zero-order chi connectivity index (χ0) is 12.2. The molecule has 2 heterocycles. The third-order valence-corrected chi connectivity index (χ3v) is 3.07. The highest BCUT2D eigenvalue weighted by Gasteiger charge is 2.20. The molecule has 1 saturated heterocycles. The Morgan fingerprint density at radius 2 is 1.72 bits per heavy atom. The van der Waals surface area contributed by atoms with Gasteiger partial charge in [-0.2, -0.15) is 0 Å². The molecule has 1 fully saturated rings. The normalized spacial score (nSPS) is 16.0. The van der Waals surface area contributed by atoms with Crippen molar-refractivity contribution in [3.63, 3.8) is 0 Å². The molecule has 18 heavy (non-hydrogen) atoms. The lowest BCUT2D eigenvalue weighted by Crippen LogP contribution is -2.03. The van der Waals surface area contributed by atoms with Crippen LogP contribution in [0, 0.1) is 0 Å². The number of rotatable bonds is 3. The molecule has 1 aromatic carbocycles. The van der Waals surface area contributed by atoms with Gasteiger partial charge in [-0.05, 0) is 29.7 Å². The molecule has 0 saturated carbocycles. The first kappa shape index (κ1) is 11.4. The van der Waals surface area contributed by atoms with Crippen LogP contribution in [0.1, 0.15) is 23.0 Å². The third-order valence-electron chi connectivity index (χ3n) is 3.07. The summed E-state index contributed by atoms with van der Waals surface area (Å²) in [5, 5.41) is 0. The van der Waals surface area contributed by atoms with E-state index in [-0.39, 0.29) is 6.29 Å². The third kappa shape index (κ3) is 2.42. The van der Waals surface area contributed by atoms with Crippen LogP contribution in [0.15, 0.2) is 48.8 Å². The minimum absolute atomic E-state index is 0.206. The van der Waals surface area contributed by atoms with Crippen LogP contribution >= 0.6 is 0 Å². The average Bonchev–Trinajstić information content (AvgIpc) is 2.94. The van der Waals surface area contributed by atoms with Gasteiger partial charge in [0.05, 0.1) is 13.2 Å². The largest absolute Gasteiger partial charge is 0.346 e. The Morgan fingerprint density at radius 1 is 1.00 bits per heavy atom. The van der Waals surface area contributed by atoms with Crippen LogP contribution in [-0.4, -0.2) is 18.2 Å². The Hall–Kier alpha value is -1.71. The molecule has 3 heteroatoms. The molecule has 1 aliphatic heterocycles. The maximum absolute atomic E-state index is 5.58. The van der Waals surface area contributed by atoms with Crippen molar-refractivity contribution in [1.29, 1.82) is 0 Å². The quantitative estimate of drug-likeness (QED) is 0.828.